The molecule has 0 aliphatic carbocycles. The molecule has 0 saturated carbocycles. The molecule has 116 valence electrons. The Hall–Kier alpha value is -2.25. The van der Waals surface area contributed by atoms with Crippen molar-refractivity contribution in [3.63, 3.8) is 0 Å². The van der Waals surface area contributed by atoms with Crippen molar-refractivity contribution >= 4 is 50.5 Å². The molecule has 0 spiro atoms. The summed E-state index contributed by atoms with van der Waals surface area (Å²) in [6.45, 7) is 0. The highest BCUT2D eigenvalue weighted by atomic mass is 79.9. The number of fused-ring (bicyclic) bond motifs is 3. The van der Waals surface area contributed by atoms with Gasteiger partial charge in [-0.2, -0.15) is 0 Å². The van der Waals surface area contributed by atoms with Crippen LogP contribution in [-0.2, 0) is 0 Å². The Bertz CT molecular complexity index is 968. The van der Waals surface area contributed by atoms with Crippen LogP contribution in [0.3, 0.4) is 0 Å². The van der Waals surface area contributed by atoms with Gasteiger partial charge in [0.1, 0.15) is 5.75 Å². The summed E-state index contributed by atoms with van der Waals surface area (Å²) < 4.78 is 2.62. The molecule has 1 aliphatic rings. The van der Waals surface area contributed by atoms with Crippen molar-refractivity contribution in [3.05, 3.63) is 51.5 Å². The highest BCUT2D eigenvalue weighted by molar-refractivity contribution is 9.10. The van der Waals surface area contributed by atoms with E-state index in [-0.39, 0.29) is 16.7 Å². The molecule has 1 atom stereocenters. The zero-order valence-corrected chi connectivity index (χ0v) is 14.0. The maximum absolute atomic E-state index is 10.4. The first kappa shape index (κ1) is 14.3. The predicted octanol–water partition coefficient (Wildman–Crippen LogP) is 3.44. The summed E-state index contributed by atoms with van der Waals surface area (Å²) in [6.07, 6.45) is -0.561. The number of hydrogen-bond acceptors (Lipinski definition) is 5. The van der Waals surface area contributed by atoms with Crippen LogP contribution in [-0.4, -0.2) is 20.6 Å². The molecule has 1 aliphatic heterocycles. The SMILES string of the molecule is NC1=N[C@@H](c2cc(Br)cc(Cl)c2O)n2c(nc3ccccc32)N1. The van der Waals surface area contributed by atoms with Gasteiger partial charge in [-0.1, -0.05) is 39.7 Å². The number of anilines is 1. The summed E-state index contributed by atoms with van der Waals surface area (Å²) in [7, 11) is 0. The van der Waals surface area contributed by atoms with Crippen molar-refractivity contribution in [2.24, 2.45) is 10.7 Å². The third kappa shape index (κ3) is 2.24. The van der Waals surface area contributed by atoms with Gasteiger partial charge in [0, 0.05) is 10.0 Å². The molecule has 0 bridgehead atoms. The number of phenolic OH excluding ortho intramolecular Hbond substituents is 1. The van der Waals surface area contributed by atoms with E-state index in [0.717, 1.165) is 15.5 Å². The average Bonchev–Trinajstić information content (AvgIpc) is 2.88. The smallest absolute Gasteiger partial charge is 0.212 e. The van der Waals surface area contributed by atoms with E-state index in [0.29, 0.717) is 11.5 Å². The fourth-order valence-corrected chi connectivity index (χ4v) is 3.54. The lowest BCUT2D eigenvalue weighted by molar-refractivity contribution is 0.456. The lowest BCUT2D eigenvalue weighted by Gasteiger charge is -2.24. The predicted molar refractivity (Wildman–Crippen MR) is 93.9 cm³/mol. The lowest BCUT2D eigenvalue weighted by Crippen LogP contribution is -2.31. The first-order valence-electron chi connectivity index (χ1n) is 6.80. The summed E-state index contributed by atoms with van der Waals surface area (Å²) in [5.41, 5.74) is 8.12. The number of para-hydroxylation sites is 2. The molecular formula is C15H11BrClN5O. The first-order valence-corrected chi connectivity index (χ1v) is 7.97. The minimum atomic E-state index is -0.561. The number of aromatic hydroxyl groups is 1. The van der Waals surface area contributed by atoms with Gasteiger partial charge < -0.3 is 10.8 Å². The molecule has 0 unspecified atom stereocenters. The second-order valence-corrected chi connectivity index (χ2v) is 6.46. The molecule has 0 radical (unpaired) electrons. The Morgan fingerprint density at radius 3 is 2.91 bits per heavy atom. The maximum atomic E-state index is 10.4. The Morgan fingerprint density at radius 2 is 2.09 bits per heavy atom. The van der Waals surface area contributed by atoms with Gasteiger partial charge in [0.2, 0.25) is 5.95 Å². The Balaban J connectivity index is 2.01. The number of nitrogens with two attached hydrogens (primary N) is 1. The first-order chi connectivity index (χ1) is 11.0. The van der Waals surface area contributed by atoms with E-state index < -0.39 is 6.17 Å². The maximum Gasteiger partial charge on any atom is 0.212 e. The molecule has 8 heteroatoms. The Morgan fingerprint density at radius 1 is 1.30 bits per heavy atom. The van der Waals surface area contributed by atoms with Crippen LogP contribution in [0.1, 0.15) is 11.7 Å². The van der Waals surface area contributed by atoms with Crippen molar-refractivity contribution in [1.29, 1.82) is 0 Å². The number of halogens is 2. The van der Waals surface area contributed by atoms with Gasteiger partial charge >= 0.3 is 0 Å². The molecule has 6 nitrogen and oxygen atoms in total. The van der Waals surface area contributed by atoms with Crippen molar-refractivity contribution in [2.75, 3.05) is 5.32 Å². The molecule has 0 saturated heterocycles. The minimum absolute atomic E-state index is 0.0259. The quantitative estimate of drug-likeness (QED) is 0.592. The number of hydrogen-bond donors (Lipinski definition) is 3. The van der Waals surface area contributed by atoms with Crippen LogP contribution < -0.4 is 11.1 Å². The van der Waals surface area contributed by atoms with Crippen LogP contribution in [0.15, 0.2) is 45.9 Å². The minimum Gasteiger partial charge on any atom is -0.506 e. The van der Waals surface area contributed by atoms with Crippen molar-refractivity contribution in [2.45, 2.75) is 6.17 Å². The zero-order chi connectivity index (χ0) is 16.1. The monoisotopic (exact) mass is 391 g/mol. The standard InChI is InChI=1S/C15H11BrClN5O/c16-7-5-8(12(23)9(17)6-7)13-20-14(18)21-15-19-10-3-1-2-4-11(10)22(13)15/h1-6,13,23H,(H3,18,19,20,21)/t13-/m1/s1. The lowest BCUT2D eigenvalue weighted by atomic mass is 10.1. The molecule has 2 heterocycles. The Kier molecular flexibility index (Phi) is 3.21. The molecule has 0 amide bonds. The van der Waals surface area contributed by atoms with Gasteiger partial charge in [0.25, 0.3) is 0 Å². The van der Waals surface area contributed by atoms with Gasteiger partial charge in [0.05, 0.1) is 16.1 Å². The highest BCUT2D eigenvalue weighted by Crippen LogP contribution is 2.40. The van der Waals surface area contributed by atoms with E-state index >= 15 is 0 Å². The van der Waals surface area contributed by atoms with Crippen LogP contribution in [0.5, 0.6) is 5.75 Å². The van der Waals surface area contributed by atoms with E-state index in [2.05, 4.69) is 31.2 Å². The van der Waals surface area contributed by atoms with E-state index in [9.17, 15) is 5.11 Å². The molecule has 3 aromatic rings. The average molecular weight is 393 g/mol. The summed E-state index contributed by atoms with van der Waals surface area (Å²) in [4.78, 5) is 8.94. The fourth-order valence-electron chi connectivity index (χ4n) is 2.71. The van der Waals surface area contributed by atoms with Gasteiger partial charge in [0.15, 0.2) is 12.1 Å². The molecule has 4 rings (SSSR count). The van der Waals surface area contributed by atoms with Crippen LogP contribution in [0, 0.1) is 0 Å². The number of nitrogens with zero attached hydrogens (tertiary/aromatic N) is 3. The zero-order valence-electron chi connectivity index (χ0n) is 11.7. The number of nitrogens with one attached hydrogen (secondary N) is 1. The molecule has 0 fully saturated rings. The van der Waals surface area contributed by atoms with Crippen molar-refractivity contribution in [1.82, 2.24) is 9.55 Å². The second kappa shape index (κ2) is 5.14. The fraction of sp³-hybridized carbons (Fsp3) is 0.0667. The summed E-state index contributed by atoms with van der Waals surface area (Å²) in [5.74, 6) is 0.773. The third-order valence-corrected chi connectivity index (χ3v) is 4.42. The van der Waals surface area contributed by atoms with Crippen LogP contribution in [0.4, 0.5) is 5.95 Å². The van der Waals surface area contributed by atoms with E-state index in [1.807, 2.05) is 28.8 Å². The normalized spacial score (nSPS) is 16.8. The van der Waals surface area contributed by atoms with Gasteiger partial charge in [-0.25, -0.2) is 9.98 Å². The number of guanidine groups is 1. The number of benzene rings is 2. The molecule has 23 heavy (non-hydrogen) atoms. The van der Waals surface area contributed by atoms with Gasteiger partial charge in [-0.15, -0.1) is 0 Å². The Labute approximate surface area is 144 Å². The number of imidazole rings is 1. The van der Waals surface area contributed by atoms with Gasteiger partial charge in [-0.3, -0.25) is 9.88 Å². The topological polar surface area (TPSA) is 88.5 Å². The molecule has 1 aromatic heterocycles. The summed E-state index contributed by atoms with van der Waals surface area (Å²) in [6, 6.07) is 11.1. The summed E-state index contributed by atoms with van der Waals surface area (Å²) >= 11 is 9.49. The van der Waals surface area contributed by atoms with Crippen LogP contribution >= 0.6 is 27.5 Å². The summed E-state index contributed by atoms with van der Waals surface area (Å²) in [5, 5.41) is 13.6. The second-order valence-electron chi connectivity index (χ2n) is 5.13. The molecule has 2 aromatic carbocycles. The third-order valence-electron chi connectivity index (χ3n) is 3.68. The molecular weight excluding hydrogens is 382 g/mol. The van der Waals surface area contributed by atoms with Crippen molar-refractivity contribution in [3.8, 4) is 5.75 Å². The van der Waals surface area contributed by atoms with E-state index in [4.69, 9.17) is 17.3 Å². The van der Waals surface area contributed by atoms with Crippen LogP contribution in [0.2, 0.25) is 5.02 Å². The van der Waals surface area contributed by atoms with Crippen molar-refractivity contribution < 1.29 is 5.11 Å². The number of aromatic nitrogens is 2. The number of rotatable bonds is 1. The van der Waals surface area contributed by atoms with E-state index in [1.54, 1.807) is 12.1 Å². The highest BCUT2D eigenvalue weighted by Gasteiger charge is 2.28. The van der Waals surface area contributed by atoms with E-state index in [1.165, 1.54) is 0 Å². The largest absolute Gasteiger partial charge is 0.506 e. The number of phenols is 1. The number of aliphatic imine (C=N–C) groups is 1. The van der Waals surface area contributed by atoms with Gasteiger partial charge in [-0.05, 0) is 24.3 Å². The molecule has 4 N–H and O–H groups in total. The van der Waals surface area contributed by atoms with Crippen LogP contribution in [0.25, 0.3) is 11.0 Å².